The second-order valence-corrected chi connectivity index (χ2v) is 4.71. The molecule has 1 rings (SSSR count). The number of methoxy groups -OCH3 is 2. The number of nitrogens with two attached hydrogens (primary N) is 1. The van der Waals surface area contributed by atoms with Gasteiger partial charge >= 0.3 is 0 Å². The molecule has 0 saturated carbocycles. The van der Waals surface area contributed by atoms with Crippen LogP contribution in [0.15, 0.2) is 24.3 Å². The minimum Gasteiger partial charge on any atom is -0.482 e. The molecule has 21 heavy (non-hydrogen) atoms. The van der Waals surface area contributed by atoms with E-state index in [1.54, 1.807) is 31.3 Å². The van der Waals surface area contributed by atoms with Crippen LogP contribution < -0.4 is 10.5 Å². The highest BCUT2D eigenvalue weighted by molar-refractivity contribution is 5.78. The molecular formula is C15H24N2O4. The second kappa shape index (κ2) is 9.20. The molecule has 0 heterocycles. The number of hydrogen-bond acceptors (Lipinski definition) is 5. The van der Waals surface area contributed by atoms with Gasteiger partial charge < -0.3 is 24.8 Å². The third-order valence-electron chi connectivity index (χ3n) is 3.07. The molecule has 0 saturated heterocycles. The van der Waals surface area contributed by atoms with Crippen molar-refractivity contribution in [2.45, 2.75) is 13.0 Å². The molecule has 0 radical (unpaired) electrons. The van der Waals surface area contributed by atoms with Gasteiger partial charge in [0.05, 0.1) is 24.9 Å². The van der Waals surface area contributed by atoms with Crippen LogP contribution in [0.3, 0.4) is 0 Å². The molecule has 0 aliphatic carbocycles. The number of nitrogen functional groups attached to an aromatic ring is 1. The van der Waals surface area contributed by atoms with Crippen molar-refractivity contribution in [2.24, 2.45) is 0 Å². The SMILES string of the molecule is COCCN(C(=O)COc1ccccc1N)C(C)COC. The molecule has 1 unspecified atom stereocenters. The molecule has 0 aliphatic rings. The maximum absolute atomic E-state index is 12.3. The van der Waals surface area contributed by atoms with Crippen molar-refractivity contribution >= 4 is 11.6 Å². The predicted octanol–water partition coefficient (Wildman–Crippen LogP) is 1.16. The lowest BCUT2D eigenvalue weighted by molar-refractivity contribution is -0.137. The number of benzene rings is 1. The number of amides is 1. The van der Waals surface area contributed by atoms with E-state index in [2.05, 4.69) is 0 Å². The summed E-state index contributed by atoms with van der Waals surface area (Å²) in [5.41, 5.74) is 6.29. The summed E-state index contributed by atoms with van der Waals surface area (Å²) in [5.74, 6) is 0.386. The van der Waals surface area contributed by atoms with Crippen LogP contribution in [0.5, 0.6) is 5.75 Å². The monoisotopic (exact) mass is 296 g/mol. The first kappa shape index (κ1) is 17.3. The van der Waals surface area contributed by atoms with E-state index in [4.69, 9.17) is 19.9 Å². The minimum atomic E-state index is -0.125. The zero-order valence-corrected chi connectivity index (χ0v) is 12.9. The highest BCUT2D eigenvalue weighted by Crippen LogP contribution is 2.19. The maximum Gasteiger partial charge on any atom is 0.260 e. The lowest BCUT2D eigenvalue weighted by Gasteiger charge is -2.28. The average Bonchev–Trinajstić information content (AvgIpc) is 2.47. The molecule has 1 aromatic rings. The van der Waals surface area contributed by atoms with E-state index in [1.807, 2.05) is 19.1 Å². The van der Waals surface area contributed by atoms with Crippen LogP contribution in [-0.4, -0.2) is 57.4 Å². The Morgan fingerprint density at radius 1 is 1.29 bits per heavy atom. The third-order valence-corrected chi connectivity index (χ3v) is 3.07. The van der Waals surface area contributed by atoms with E-state index in [0.717, 1.165) is 0 Å². The number of hydrogen-bond donors (Lipinski definition) is 1. The summed E-state index contributed by atoms with van der Waals surface area (Å²) in [5, 5.41) is 0. The Labute approximate surface area is 125 Å². The highest BCUT2D eigenvalue weighted by atomic mass is 16.5. The molecule has 1 atom stereocenters. The van der Waals surface area contributed by atoms with Crippen LogP contribution in [0.25, 0.3) is 0 Å². The van der Waals surface area contributed by atoms with Gasteiger partial charge in [0.25, 0.3) is 5.91 Å². The normalized spacial score (nSPS) is 12.0. The number of nitrogens with zero attached hydrogens (tertiary/aromatic N) is 1. The Morgan fingerprint density at radius 2 is 2.00 bits per heavy atom. The van der Waals surface area contributed by atoms with Crippen molar-refractivity contribution < 1.29 is 19.0 Å². The zero-order chi connectivity index (χ0) is 15.7. The molecule has 0 spiro atoms. The number of rotatable bonds is 9. The molecular weight excluding hydrogens is 272 g/mol. The molecule has 0 fully saturated rings. The van der Waals surface area contributed by atoms with Gasteiger partial charge in [-0.2, -0.15) is 0 Å². The van der Waals surface area contributed by atoms with Gasteiger partial charge in [-0.1, -0.05) is 12.1 Å². The fourth-order valence-electron chi connectivity index (χ4n) is 1.95. The number of para-hydroxylation sites is 2. The molecule has 0 aromatic heterocycles. The van der Waals surface area contributed by atoms with Gasteiger partial charge in [0.15, 0.2) is 6.61 Å². The summed E-state index contributed by atoms with van der Waals surface area (Å²) >= 11 is 0. The quantitative estimate of drug-likeness (QED) is 0.692. The standard InChI is InChI=1S/C15H24N2O4/c1-12(10-20-3)17(8-9-19-2)15(18)11-21-14-7-5-4-6-13(14)16/h4-7,12H,8-11,16H2,1-3H3. The van der Waals surface area contributed by atoms with Crippen molar-refractivity contribution in [3.05, 3.63) is 24.3 Å². The van der Waals surface area contributed by atoms with Crippen LogP contribution in [-0.2, 0) is 14.3 Å². The Hall–Kier alpha value is -1.79. The first-order valence-corrected chi connectivity index (χ1v) is 6.84. The summed E-state index contributed by atoms with van der Waals surface area (Å²) in [4.78, 5) is 14.0. The summed E-state index contributed by atoms with van der Waals surface area (Å²) in [7, 11) is 3.21. The number of carbonyl (C=O) groups is 1. The fraction of sp³-hybridized carbons (Fsp3) is 0.533. The van der Waals surface area contributed by atoms with Crippen molar-refractivity contribution in [3.8, 4) is 5.75 Å². The summed E-state index contributed by atoms with van der Waals surface area (Å²) in [6.07, 6.45) is 0. The number of carbonyl (C=O) groups excluding carboxylic acids is 1. The van der Waals surface area contributed by atoms with Crippen molar-refractivity contribution in [1.29, 1.82) is 0 Å². The van der Waals surface area contributed by atoms with Crippen molar-refractivity contribution in [2.75, 3.05) is 46.3 Å². The molecule has 1 aromatic carbocycles. The average molecular weight is 296 g/mol. The van der Waals surface area contributed by atoms with Crippen molar-refractivity contribution in [3.63, 3.8) is 0 Å². The van der Waals surface area contributed by atoms with E-state index < -0.39 is 0 Å². The van der Waals surface area contributed by atoms with Crippen molar-refractivity contribution in [1.82, 2.24) is 4.90 Å². The molecule has 1 amide bonds. The molecule has 6 nitrogen and oxygen atoms in total. The summed E-state index contributed by atoms with van der Waals surface area (Å²) < 4.78 is 15.6. The van der Waals surface area contributed by atoms with E-state index in [0.29, 0.717) is 31.2 Å². The van der Waals surface area contributed by atoms with Crippen LogP contribution in [0.2, 0.25) is 0 Å². The largest absolute Gasteiger partial charge is 0.482 e. The van der Waals surface area contributed by atoms with Gasteiger partial charge in [-0.3, -0.25) is 4.79 Å². The van der Waals surface area contributed by atoms with E-state index in [1.165, 1.54) is 0 Å². The minimum absolute atomic E-state index is 0.0469. The lowest BCUT2D eigenvalue weighted by Crippen LogP contribution is -2.45. The van der Waals surface area contributed by atoms with Crippen LogP contribution in [0.1, 0.15) is 6.92 Å². The van der Waals surface area contributed by atoms with Crippen LogP contribution in [0, 0.1) is 0 Å². The Bertz CT molecular complexity index is 439. The van der Waals surface area contributed by atoms with Gasteiger partial charge in [-0.25, -0.2) is 0 Å². The molecule has 118 valence electrons. The van der Waals surface area contributed by atoms with Crippen LogP contribution in [0.4, 0.5) is 5.69 Å². The first-order chi connectivity index (χ1) is 10.1. The topological polar surface area (TPSA) is 74.0 Å². The number of ether oxygens (including phenoxy) is 3. The maximum atomic E-state index is 12.3. The fourth-order valence-corrected chi connectivity index (χ4v) is 1.95. The summed E-state index contributed by atoms with van der Waals surface area (Å²) in [6, 6.07) is 7.05. The Morgan fingerprint density at radius 3 is 2.62 bits per heavy atom. The lowest BCUT2D eigenvalue weighted by atomic mass is 10.3. The van der Waals surface area contributed by atoms with E-state index in [-0.39, 0.29) is 18.6 Å². The third kappa shape index (κ3) is 5.61. The second-order valence-electron chi connectivity index (χ2n) is 4.71. The molecule has 6 heteroatoms. The zero-order valence-electron chi connectivity index (χ0n) is 12.9. The van der Waals surface area contributed by atoms with Gasteiger partial charge in [0.1, 0.15) is 5.75 Å². The predicted molar refractivity (Wildman–Crippen MR) is 81.3 cm³/mol. The van der Waals surface area contributed by atoms with Gasteiger partial charge in [0.2, 0.25) is 0 Å². The molecule has 0 bridgehead atoms. The molecule has 0 aliphatic heterocycles. The summed E-state index contributed by atoms with van der Waals surface area (Å²) in [6.45, 7) is 3.28. The van der Waals surface area contributed by atoms with Gasteiger partial charge in [-0.15, -0.1) is 0 Å². The van der Waals surface area contributed by atoms with Gasteiger partial charge in [-0.05, 0) is 19.1 Å². The van der Waals surface area contributed by atoms with Crippen LogP contribution >= 0.6 is 0 Å². The smallest absolute Gasteiger partial charge is 0.260 e. The Kier molecular flexibility index (Phi) is 7.56. The number of anilines is 1. The van der Waals surface area contributed by atoms with E-state index >= 15 is 0 Å². The van der Waals surface area contributed by atoms with E-state index in [9.17, 15) is 4.79 Å². The van der Waals surface area contributed by atoms with Gasteiger partial charge in [0, 0.05) is 20.8 Å². The Balaban J connectivity index is 2.61. The molecule has 2 N–H and O–H groups in total. The highest BCUT2D eigenvalue weighted by Gasteiger charge is 2.20. The first-order valence-electron chi connectivity index (χ1n) is 6.84.